The van der Waals surface area contributed by atoms with E-state index in [1.54, 1.807) is 45.0 Å². The van der Waals surface area contributed by atoms with Crippen molar-refractivity contribution in [2.45, 2.75) is 65.1 Å². The number of amides is 3. The van der Waals surface area contributed by atoms with Gasteiger partial charge in [-0.3, -0.25) is 23.9 Å². The van der Waals surface area contributed by atoms with Crippen molar-refractivity contribution in [3.63, 3.8) is 0 Å². The second-order valence-electron chi connectivity index (χ2n) is 9.23. The van der Waals surface area contributed by atoms with Gasteiger partial charge in [0.2, 0.25) is 17.6 Å². The molecule has 2 aromatic rings. The van der Waals surface area contributed by atoms with Gasteiger partial charge in [0.25, 0.3) is 5.56 Å². The Morgan fingerprint density at radius 1 is 1.11 bits per heavy atom. The van der Waals surface area contributed by atoms with Crippen molar-refractivity contribution < 1.29 is 23.5 Å². The quantitative estimate of drug-likeness (QED) is 0.362. The molecule has 1 aromatic heterocycles. The standard InChI is InChI=1S/C24H32FN5O6/c1-15(31)26-12-6-5-7-19(28-23(35)36-24(2,3)4)21(33)27-17-10-8-16(9-11-17)13-30-14-18(25)20(32)29-22(30)34/h8-11,14,19H,5-7,12-13H2,1-4H3,(H,26,31)(H,27,33)(H,28,35)(H,29,32,34)/t19-/m1/s1. The number of ether oxygens (including phenoxy) is 1. The lowest BCUT2D eigenvalue weighted by Crippen LogP contribution is -2.45. The molecule has 12 heteroatoms. The van der Waals surface area contributed by atoms with E-state index in [-0.39, 0.29) is 12.5 Å². The maximum Gasteiger partial charge on any atom is 0.408 e. The molecule has 11 nitrogen and oxygen atoms in total. The second kappa shape index (κ2) is 12.7. The first-order valence-electron chi connectivity index (χ1n) is 11.5. The van der Waals surface area contributed by atoms with Gasteiger partial charge in [-0.25, -0.2) is 9.59 Å². The highest BCUT2D eigenvalue weighted by Gasteiger charge is 2.24. The van der Waals surface area contributed by atoms with Gasteiger partial charge >= 0.3 is 11.8 Å². The normalized spacial score (nSPS) is 11.9. The summed E-state index contributed by atoms with van der Waals surface area (Å²) in [5.74, 6) is -1.67. The van der Waals surface area contributed by atoms with Crippen molar-refractivity contribution in [3.8, 4) is 0 Å². The first-order valence-corrected chi connectivity index (χ1v) is 11.5. The highest BCUT2D eigenvalue weighted by atomic mass is 19.1. The first kappa shape index (κ1) is 28.3. The molecule has 196 valence electrons. The van der Waals surface area contributed by atoms with E-state index in [0.717, 1.165) is 10.8 Å². The molecule has 0 saturated carbocycles. The maximum atomic E-state index is 13.5. The van der Waals surface area contributed by atoms with Crippen LogP contribution in [0.2, 0.25) is 0 Å². The number of benzene rings is 1. The van der Waals surface area contributed by atoms with Gasteiger partial charge in [0.05, 0.1) is 12.7 Å². The molecule has 1 aromatic carbocycles. The molecule has 36 heavy (non-hydrogen) atoms. The fraction of sp³-hybridized carbons (Fsp3) is 0.458. The number of carbonyl (C=O) groups excluding carboxylic acids is 3. The van der Waals surface area contributed by atoms with Gasteiger partial charge in [0, 0.05) is 19.2 Å². The molecule has 0 unspecified atom stereocenters. The number of hydrogen-bond acceptors (Lipinski definition) is 6. The number of rotatable bonds is 10. The molecule has 0 spiro atoms. The Hall–Kier alpha value is -3.96. The monoisotopic (exact) mass is 505 g/mol. The molecule has 0 aliphatic rings. The molecule has 1 heterocycles. The van der Waals surface area contributed by atoms with Crippen LogP contribution in [0.1, 0.15) is 52.5 Å². The predicted octanol–water partition coefficient (Wildman–Crippen LogP) is 1.86. The number of unbranched alkanes of at least 4 members (excludes halogenated alkanes) is 1. The van der Waals surface area contributed by atoms with Gasteiger partial charge in [-0.05, 0) is 57.7 Å². The molecule has 0 saturated heterocycles. The fourth-order valence-electron chi connectivity index (χ4n) is 3.18. The lowest BCUT2D eigenvalue weighted by Gasteiger charge is -2.23. The number of H-pyrrole nitrogens is 1. The van der Waals surface area contributed by atoms with Crippen LogP contribution in [0.15, 0.2) is 40.1 Å². The predicted molar refractivity (Wildman–Crippen MR) is 131 cm³/mol. The van der Waals surface area contributed by atoms with Crippen LogP contribution in [-0.4, -0.2) is 45.6 Å². The van der Waals surface area contributed by atoms with Crippen LogP contribution in [0.5, 0.6) is 0 Å². The van der Waals surface area contributed by atoms with Crippen molar-refractivity contribution in [1.82, 2.24) is 20.2 Å². The number of carbonyl (C=O) groups is 3. The number of nitrogens with zero attached hydrogens (tertiary/aromatic N) is 1. The summed E-state index contributed by atoms with van der Waals surface area (Å²) in [6.45, 7) is 7.03. The van der Waals surface area contributed by atoms with Crippen LogP contribution in [0.25, 0.3) is 0 Å². The summed E-state index contributed by atoms with van der Waals surface area (Å²) < 4.78 is 19.8. The molecule has 0 radical (unpaired) electrons. The van der Waals surface area contributed by atoms with E-state index < -0.39 is 40.7 Å². The van der Waals surface area contributed by atoms with E-state index in [1.165, 1.54) is 6.92 Å². The molecular formula is C24H32FN5O6. The Morgan fingerprint density at radius 2 is 1.78 bits per heavy atom. The third-order valence-corrected chi connectivity index (χ3v) is 4.84. The summed E-state index contributed by atoms with van der Waals surface area (Å²) in [5.41, 5.74) is -1.49. The van der Waals surface area contributed by atoms with Crippen LogP contribution in [0.3, 0.4) is 0 Å². The number of nitrogens with one attached hydrogen (secondary N) is 4. The smallest absolute Gasteiger partial charge is 0.408 e. The number of halogens is 1. The zero-order valence-corrected chi connectivity index (χ0v) is 20.8. The zero-order chi connectivity index (χ0) is 26.9. The first-order chi connectivity index (χ1) is 16.8. The Bertz CT molecular complexity index is 1180. The Kier molecular flexibility index (Phi) is 9.94. The van der Waals surface area contributed by atoms with Gasteiger partial charge in [0.15, 0.2) is 0 Å². The number of aromatic nitrogens is 2. The Labute approximate surface area is 207 Å². The summed E-state index contributed by atoms with van der Waals surface area (Å²) >= 11 is 0. The minimum Gasteiger partial charge on any atom is -0.444 e. The van der Waals surface area contributed by atoms with Crippen LogP contribution >= 0.6 is 0 Å². The van der Waals surface area contributed by atoms with Crippen molar-refractivity contribution >= 4 is 23.6 Å². The van der Waals surface area contributed by atoms with E-state index in [1.807, 2.05) is 4.98 Å². The van der Waals surface area contributed by atoms with Gasteiger partial charge in [-0.2, -0.15) is 4.39 Å². The summed E-state index contributed by atoms with van der Waals surface area (Å²) in [7, 11) is 0. The molecule has 1 atom stereocenters. The van der Waals surface area contributed by atoms with E-state index in [9.17, 15) is 28.4 Å². The van der Waals surface area contributed by atoms with Gasteiger partial charge in [0.1, 0.15) is 11.6 Å². The van der Waals surface area contributed by atoms with Crippen LogP contribution in [-0.2, 0) is 20.9 Å². The van der Waals surface area contributed by atoms with Crippen molar-refractivity contribution in [1.29, 1.82) is 0 Å². The number of alkyl carbamates (subject to hydrolysis) is 1. The van der Waals surface area contributed by atoms with E-state index in [0.29, 0.717) is 37.1 Å². The summed E-state index contributed by atoms with van der Waals surface area (Å²) in [5, 5.41) is 8.00. The number of anilines is 1. The minimum atomic E-state index is -1.08. The summed E-state index contributed by atoms with van der Waals surface area (Å²) in [4.78, 5) is 61.1. The summed E-state index contributed by atoms with van der Waals surface area (Å²) in [6.07, 6.45) is 1.62. The van der Waals surface area contributed by atoms with Crippen LogP contribution < -0.4 is 27.2 Å². The van der Waals surface area contributed by atoms with Crippen molar-refractivity contribution in [2.24, 2.45) is 0 Å². The second-order valence-corrected chi connectivity index (χ2v) is 9.23. The number of hydrogen-bond donors (Lipinski definition) is 4. The maximum absolute atomic E-state index is 13.5. The molecule has 0 fully saturated rings. The van der Waals surface area contributed by atoms with Crippen LogP contribution in [0, 0.1) is 5.82 Å². The molecule has 0 bridgehead atoms. The third kappa shape index (κ3) is 9.72. The van der Waals surface area contributed by atoms with E-state index >= 15 is 0 Å². The minimum absolute atomic E-state index is 0.0118. The lowest BCUT2D eigenvalue weighted by molar-refractivity contribution is -0.119. The average Bonchev–Trinajstić information content (AvgIpc) is 2.76. The zero-order valence-electron chi connectivity index (χ0n) is 20.8. The highest BCUT2D eigenvalue weighted by Crippen LogP contribution is 2.13. The topological polar surface area (TPSA) is 151 Å². The third-order valence-electron chi connectivity index (χ3n) is 4.84. The molecule has 3 amide bonds. The Balaban J connectivity index is 2.04. The average molecular weight is 506 g/mol. The lowest BCUT2D eigenvalue weighted by atomic mass is 10.1. The molecule has 0 aliphatic heterocycles. The fourth-order valence-corrected chi connectivity index (χ4v) is 3.18. The van der Waals surface area contributed by atoms with Gasteiger partial charge < -0.3 is 20.7 Å². The largest absolute Gasteiger partial charge is 0.444 e. The SMILES string of the molecule is CC(=O)NCCCC[C@@H](NC(=O)OC(C)(C)C)C(=O)Nc1ccc(Cn2cc(F)c(=O)[nH]c2=O)cc1. The highest BCUT2D eigenvalue weighted by molar-refractivity contribution is 5.96. The van der Waals surface area contributed by atoms with Crippen molar-refractivity contribution in [2.75, 3.05) is 11.9 Å². The molecule has 2 rings (SSSR count). The van der Waals surface area contributed by atoms with Gasteiger partial charge in [-0.1, -0.05) is 12.1 Å². The van der Waals surface area contributed by atoms with Gasteiger partial charge in [-0.15, -0.1) is 0 Å². The molecular weight excluding hydrogens is 473 g/mol. The Morgan fingerprint density at radius 3 is 2.39 bits per heavy atom. The molecule has 4 N–H and O–H groups in total. The number of aromatic amines is 1. The van der Waals surface area contributed by atoms with Crippen molar-refractivity contribution in [3.05, 3.63) is 62.7 Å². The molecule has 0 aliphatic carbocycles. The van der Waals surface area contributed by atoms with E-state index in [4.69, 9.17) is 4.74 Å². The summed E-state index contributed by atoms with van der Waals surface area (Å²) in [6, 6.07) is 5.59. The van der Waals surface area contributed by atoms with E-state index in [2.05, 4.69) is 16.0 Å². The van der Waals surface area contributed by atoms with Crippen LogP contribution in [0.4, 0.5) is 14.9 Å².